The molecule has 8 heteroatoms. The molecular weight excluding hydrogens is 373 g/mol. The van der Waals surface area contributed by atoms with Gasteiger partial charge in [0.05, 0.1) is 12.3 Å². The molecule has 2 rings (SSSR count). The number of likely N-dealkylation sites (tertiary alicyclic amines) is 1. The van der Waals surface area contributed by atoms with Crippen LogP contribution in [0, 0.1) is 5.92 Å². The summed E-state index contributed by atoms with van der Waals surface area (Å²) in [4.78, 5) is 26.2. The smallest absolute Gasteiger partial charge is 0.227 e. The molecule has 1 aromatic carbocycles. The van der Waals surface area contributed by atoms with E-state index in [2.05, 4.69) is 5.32 Å². The third kappa shape index (κ3) is 5.81. The van der Waals surface area contributed by atoms with Gasteiger partial charge in [-0.25, -0.2) is 0 Å². The maximum absolute atomic E-state index is 12.5. The Bertz CT molecular complexity index is 584. The molecule has 134 valence electrons. The summed E-state index contributed by atoms with van der Waals surface area (Å²) in [6, 6.07) is 5.11. The van der Waals surface area contributed by atoms with Gasteiger partial charge in [0.25, 0.3) is 0 Å². The maximum atomic E-state index is 12.5. The molecule has 1 fully saturated rings. The van der Waals surface area contributed by atoms with Gasteiger partial charge in [0.15, 0.2) is 0 Å². The molecule has 0 saturated carbocycles. The molecule has 5 nitrogen and oxygen atoms in total. The minimum Gasteiger partial charge on any atom is -0.355 e. The van der Waals surface area contributed by atoms with E-state index in [1.54, 1.807) is 23.1 Å². The quantitative estimate of drug-likeness (QED) is 0.804. The number of nitrogens with one attached hydrogen (secondary N) is 1. The van der Waals surface area contributed by atoms with Crippen LogP contribution in [0.15, 0.2) is 18.2 Å². The van der Waals surface area contributed by atoms with E-state index in [1.165, 1.54) is 0 Å². The van der Waals surface area contributed by atoms with Gasteiger partial charge in [0.1, 0.15) is 0 Å². The highest BCUT2D eigenvalue weighted by molar-refractivity contribution is 6.35. The summed E-state index contributed by atoms with van der Waals surface area (Å²) in [6.45, 7) is 1.99. The number of rotatable bonds is 5. The number of amides is 2. The Morgan fingerprint density at radius 3 is 2.75 bits per heavy atom. The Kier molecular flexibility index (Phi) is 8.84. The Labute approximate surface area is 158 Å². The molecule has 1 aliphatic rings. The first kappa shape index (κ1) is 21.0. The number of benzene rings is 1. The Hall–Kier alpha value is -1.01. The SMILES string of the molecule is Cl.NCCNC(=O)C1CCCN(C(=O)Cc2ccc(Cl)cc2Cl)C1. The van der Waals surface area contributed by atoms with E-state index in [0.29, 0.717) is 36.2 Å². The fourth-order valence-corrected chi connectivity index (χ4v) is 3.17. The van der Waals surface area contributed by atoms with Gasteiger partial charge in [-0.2, -0.15) is 0 Å². The maximum Gasteiger partial charge on any atom is 0.227 e. The van der Waals surface area contributed by atoms with Crippen LogP contribution >= 0.6 is 35.6 Å². The molecule has 0 aromatic heterocycles. The van der Waals surface area contributed by atoms with Gasteiger partial charge in [-0.1, -0.05) is 29.3 Å². The van der Waals surface area contributed by atoms with E-state index in [0.717, 1.165) is 18.4 Å². The lowest BCUT2D eigenvalue weighted by molar-refractivity contribution is -0.135. The number of carbonyl (C=O) groups excluding carboxylic acids is 2. The van der Waals surface area contributed by atoms with Crippen molar-refractivity contribution in [2.45, 2.75) is 19.3 Å². The second-order valence-corrected chi connectivity index (χ2v) is 6.51. The van der Waals surface area contributed by atoms with Crippen molar-refractivity contribution in [2.75, 3.05) is 26.2 Å². The molecule has 1 saturated heterocycles. The molecule has 0 aliphatic carbocycles. The van der Waals surface area contributed by atoms with Crippen molar-refractivity contribution in [3.63, 3.8) is 0 Å². The zero-order valence-electron chi connectivity index (χ0n) is 13.3. The Balaban J connectivity index is 0.00000288. The molecule has 1 aromatic rings. The molecule has 0 bridgehead atoms. The van der Waals surface area contributed by atoms with Crippen molar-refractivity contribution < 1.29 is 9.59 Å². The van der Waals surface area contributed by atoms with E-state index < -0.39 is 0 Å². The lowest BCUT2D eigenvalue weighted by Crippen LogP contribution is -2.46. The Morgan fingerprint density at radius 1 is 1.33 bits per heavy atom. The summed E-state index contributed by atoms with van der Waals surface area (Å²) in [7, 11) is 0. The molecule has 0 radical (unpaired) electrons. The van der Waals surface area contributed by atoms with Gasteiger partial charge >= 0.3 is 0 Å². The number of carbonyl (C=O) groups is 2. The van der Waals surface area contributed by atoms with Gasteiger partial charge in [0, 0.05) is 36.2 Å². The molecule has 24 heavy (non-hydrogen) atoms. The first-order chi connectivity index (χ1) is 11.0. The largest absolute Gasteiger partial charge is 0.355 e. The van der Waals surface area contributed by atoms with Crippen molar-refractivity contribution in [1.82, 2.24) is 10.2 Å². The topological polar surface area (TPSA) is 75.4 Å². The van der Waals surface area contributed by atoms with Crippen LogP contribution in [-0.2, 0) is 16.0 Å². The minimum absolute atomic E-state index is 0. The van der Waals surface area contributed by atoms with Crippen LogP contribution in [0.2, 0.25) is 10.0 Å². The highest BCUT2D eigenvalue weighted by Crippen LogP contribution is 2.23. The zero-order chi connectivity index (χ0) is 16.8. The van der Waals surface area contributed by atoms with Gasteiger partial charge in [-0.05, 0) is 30.5 Å². The first-order valence-electron chi connectivity index (χ1n) is 7.70. The van der Waals surface area contributed by atoms with Crippen molar-refractivity contribution in [3.05, 3.63) is 33.8 Å². The molecule has 1 unspecified atom stereocenters. The molecule has 3 N–H and O–H groups in total. The fourth-order valence-electron chi connectivity index (χ4n) is 2.70. The van der Waals surface area contributed by atoms with Gasteiger partial charge in [0.2, 0.25) is 11.8 Å². The van der Waals surface area contributed by atoms with E-state index in [1.807, 2.05) is 0 Å². The monoisotopic (exact) mass is 393 g/mol. The number of piperidine rings is 1. The van der Waals surface area contributed by atoms with Crippen molar-refractivity contribution in [1.29, 1.82) is 0 Å². The van der Waals surface area contributed by atoms with Crippen LogP contribution in [-0.4, -0.2) is 42.9 Å². The average molecular weight is 395 g/mol. The van der Waals surface area contributed by atoms with Crippen LogP contribution in [0.5, 0.6) is 0 Å². The fraction of sp³-hybridized carbons (Fsp3) is 0.500. The van der Waals surface area contributed by atoms with Gasteiger partial charge in [-0.15, -0.1) is 12.4 Å². The third-order valence-corrected chi connectivity index (χ3v) is 4.53. The number of nitrogens with two attached hydrogens (primary N) is 1. The predicted octanol–water partition coefficient (Wildman–Crippen LogP) is 2.27. The average Bonchev–Trinajstić information content (AvgIpc) is 2.55. The lowest BCUT2D eigenvalue weighted by Gasteiger charge is -2.32. The molecule has 2 amide bonds. The minimum atomic E-state index is -0.167. The number of hydrogen-bond donors (Lipinski definition) is 2. The van der Waals surface area contributed by atoms with Crippen LogP contribution in [0.4, 0.5) is 0 Å². The van der Waals surface area contributed by atoms with E-state index in [-0.39, 0.29) is 36.6 Å². The van der Waals surface area contributed by atoms with Crippen molar-refractivity contribution in [3.8, 4) is 0 Å². The Morgan fingerprint density at radius 2 is 2.08 bits per heavy atom. The summed E-state index contributed by atoms with van der Waals surface area (Å²) in [5.41, 5.74) is 6.14. The molecule has 1 aliphatic heterocycles. The van der Waals surface area contributed by atoms with E-state index >= 15 is 0 Å². The summed E-state index contributed by atoms with van der Waals surface area (Å²) >= 11 is 12.0. The van der Waals surface area contributed by atoms with E-state index in [9.17, 15) is 9.59 Å². The third-order valence-electron chi connectivity index (χ3n) is 3.95. The lowest BCUT2D eigenvalue weighted by atomic mass is 9.96. The highest BCUT2D eigenvalue weighted by Gasteiger charge is 2.28. The summed E-state index contributed by atoms with van der Waals surface area (Å²) in [6.07, 6.45) is 1.83. The summed E-state index contributed by atoms with van der Waals surface area (Å²) in [5, 5.41) is 3.82. The molecule has 1 atom stereocenters. The summed E-state index contributed by atoms with van der Waals surface area (Å²) in [5.74, 6) is -0.219. The second-order valence-electron chi connectivity index (χ2n) is 5.67. The van der Waals surface area contributed by atoms with Crippen LogP contribution in [0.1, 0.15) is 18.4 Å². The van der Waals surface area contributed by atoms with Gasteiger partial charge in [-0.3, -0.25) is 9.59 Å². The number of nitrogens with zero attached hydrogens (tertiary/aromatic N) is 1. The van der Waals surface area contributed by atoms with Crippen molar-refractivity contribution >= 4 is 47.4 Å². The van der Waals surface area contributed by atoms with Crippen molar-refractivity contribution in [2.24, 2.45) is 11.7 Å². The number of hydrogen-bond acceptors (Lipinski definition) is 3. The standard InChI is InChI=1S/C16H21Cl2N3O2.ClH/c17-13-4-3-11(14(18)9-13)8-15(22)21-7-1-2-12(10-21)16(23)20-6-5-19;/h3-4,9,12H,1-2,5-8,10,19H2,(H,20,23);1H. The van der Waals surface area contributed by atoms with Crippen LogP contribution < -0.4 is 11.1 Å². The highest BCUT2D eigenvalue weighted by atomic mass is 35.5. The predicted molar refractivity (Wildman–Crippen MR) is 98.8 cm³/mol. The van der Waals surface area contributed by atoms with Crippen LogP contribution in [0.25, 0.3) is 0 Å². The zero-order valence-corrected chi connectivity index (χ0v) is 15.6. The van der Waals surface area contributed by atoms with Crippen LogP contribution in [0.3, 0.4) is 0 Å². The van der Waals surface area contributed by atoms with E-state index in [4.69, 9.17) is 28.9 Å². The summed E-state index contributed by atoms with van der Waals surface area (Å²) < 4.78 is 0. The number of halogens is 3. The molecule has 1 heterocycles. The van der Waals surface area contributed by atoms with Gasteiger partial charge < -0.3 is 16.0 Å². The normalized spacial score (nSPS) is 17.1. The second kappa shape index (κ2) is 10.1. The molecule has 0 spiro atoms. The first-order valence-corrected chi connectivity index (χ1v) is 8.46. The molecular formula is C16H22Cl3N3O2.